The van der Waals surface area contributed by atoms with Gasteiger partial charge in [-0.05, 0) is 88.2 Å². The third-order valence-electron chi connectivity index (χ3n) is 7.95. The summed E-state index contributed by atoms with van der Waals surface area (Å²) in [6.07, 6.45) is 22.2. The van der Waals surface area contributed by atoms with Crippen LogP contribution >= 0.6 is 0 Å². The van der Waals surface area contributed by atoms with Crippen molar-refractivity contribution in [2.45, 2.75) is 125 Å². The van der Waals surface area contributed by atoms with Gasteiger partial charge in [-0.15, -0.1) is 0 Å². The van der Waals surface area contributed by atoms with Crippen molar-refractivity contribution in [3.8, 4) is 0 Å². The second kappa shape index (κ2) is 20.9. The van der Waals surface area contributed by atoms with Gasteiger partial charge in [0.15, 0.2) is 17.3 Å². The Bertz CT molecular complexity index is 974. The topological polar surface area (TPSA) is 94.6 Å². The molecule has 0 amide bonds. The highest BCUT2D eigenvalue weighted by molar-refractivity contribution is 5.97. The first-order chi connectivity index (χ1) is 19.6. The van der Waals surface area contributed by atoms with Gasteiger partial charge in [0.2, 0.25) is 0 Å². The molecule has 4 rings (SSSR count). The predicted molar refractivity (Wildman–Crippen MR) is 164 cm³/mol. The first kappa shape index (κ1) is 36.1. The lowest BCUT2D eigenvalue weighted by Crippen LogP contribution is -2.23. The molecule has 0 aromatic rings. The van der Waals surface area contributed by atoms with Gasteiger partial charge in [0.05, 0.1) is 0 Å². The molecule has 0 aromatic heterocycles. The van der Waals surface area contributed by atoms with Crippen LogP contribution in [0.3, 0.4) is 0 Å². The van der Waals surface area contributed by atoms with Crippen LogP contribution in [0.4, 0.5) is 0 Å². The number of carbonyl (C=O) groups excluding carboxylic acids is 5. The molecule has 0 aliphatic heterocycles. The molecule has 6 heteroatoms. The van der Waals surface area contributed by atoms with Gasteiger partial charge >= 0.3 is 5.97 Å². The van der Waals surface area contributed by atoms with Crippen LogP contribution < -0.4 is 0 Å². The number of ketones is 4. The van der Waals surface area contributed by atoms with E-state index in [4.69, 9.17) is 4.74 Å². The van der Waals surface area contributed by atoms with Crippen molar-refractivity contribution >= 4 is 29.1 Å². The zero-order chi connectivity index (χ0) is 30.6. The Morgan fingerprint density at radius 1 is 0.756 bits per heavy atom. The molecule has 0 N–H and O–H groups in total. The molecule has 0 aromatic carbocycles. The van der Waals surface area contributed by atoms with E-state index < -0.39 is 5.97 Å². The zero-order valence-electron chi connectivity index (χ0n) is 26.1. The normalized spacial score (nSPS) is 22.5. The van der Waals surface area contributed by atoms with Crippen LogP contribution in [0.15, 0.2) is 47.1 Å². The van der Waals surface area contributed by atoms with E-state index in [-0.39, 0.29) is 12.4 Å². The Labute approximate surface area is 247 Å². The molecule has 41 heavy (non-hydrogen) atoms. The van der Waals surface area contributed by atoms with E-state index in [0.29, 0.717) is 41.2 Å². The molecular formula is C35H52O6. The van der Waals surface area contributed by atoms with Crippen molar-refractivity contribution in [1.82, 2.24) is 0 Å². The zero-order valence-corrected chi connectivity index (χ0v) is 26.1. The third-order valence-corrected chi connectivity index (χ3v) is 7.95. The second-order valence-corrected chi connectivity index (χ2v) is 11.1. The molecule has 2 atom stereocenters. The van der Waals surface area contributed by atoms with Crippen molar-refractivity contribution in [2.24, 2.45) is 11.8 Å². The van der Waals surface area contributed by atoms with Crippen LogP contribution in [0.5, 0.6) is 0 Å². The number of esters is 1. The molecule has 0 radical (unpaired) electrons. The van der Waals surface area contributed by atoms with Crippen molar-refractivity contribution < 1.29 is 28.7 Å². The number of hydrogen-bond acceptors (Lipinski definition) is 6. The Morgan fingerprint density at radius 3 is 1.56 bits per heavy atom. The monoisotopic (exact) mass is 568 g/mol. The fraction of sp³-hybridized carbons (Fsp3) is 0.629. The molecule has 0 bridgehead atoms. The maximum absolute atomic E-state index is 11.3. The van der Waals surface area contributed by atoms with Gasteiger partial charge in [0.1, 0.15) is 12.4 Å². The number of carbonyl (C=O) groups is 5. The number of allylic oxidation sites excluding steroid dienone is 6. The summed E-state index contributed by atoms with van der Waals surface area (Å²) in [4.78, 5) is 55.2. The number of hydrogen-bond donors (Lipinski definition) is 0. The SMILES string of the molecule is C/C=C/C(=O)OCC1=CCCCC1=O.CC1CCCC(=O)[C@@H]1C.CCC1=CCCCC1=O.CCC1=CCCCC1=O. The molecule has 1 saturated carbocycles. The summed E-state index contributed by atoms with van der Waals surface area (Å²) >= 11 is 0. The highest BCUT2D eigenvalue weighted by atomic mass is 16.5. The number of ether oxygens (including phenoxy) is 1. The standard InChI is InChI=1S/C11H14O3.C8H14O.2C8H12O/c1-2-5-11(13)14-8-9-6-3-4-7-10(9)12;1-6-4-3-5-8(9)7(6)2;2*1-2-7-5-3-4-6-8(7)9/h2,5-6H,3-4,7-8H2,1H3;6-7H,3-5H2,1-2H3;2*5H,2-4,6H2,1H3/b5-2+;;;/t;6?,7-;;/m.1../s1. The highest BCUT2D eigenvalue weighted by Gasteiger charge is 2.23. The van der Waals surface area contributed by atoms with Gasteiger partial charge in [-0.3, -0.25) is 19.2 Å². The van der Waals surface area contributed by atoms with Gasteiger partial charge < -0.3 is 4.74 Å². The van der Waals surface area contributed by atoms with Crippen molar-refractivity contribution in [1.29, 1.82) is 0 Å². The summed E-state index contributed by atoms with van der Waals surface area (Å²) in [7, 11) is 0. The van der Waals surface area contributed by atoms with E-state index in [0.717, 1.165) is 88.2 Å². The minimum Gasteiger partial charge on any atom is -0.458 e. The van der Waals surface area contributed by atoms with E-state index in [1.54, 1.807) is 13.0 Å². The summed E-state index contributed by atoms with van der Waals surface area (Å²) in [6, 6.07) is 0. The van der Waals surface area contributed by atoms with Gasteiger partial charge in [0.25, 0.3) is 0 Å². The van der Waals surface area contributed by atoms with E-state index >= 15 is 0 Å². The molecule has 1 fully saturated rings. The number of Topliss-reactive ketones (excluding diaryl/α,β-unsaturated/α-hetero) is 4. The summed E-state index contributed by atoms with van der Waals surface area (Å²) in [5.74, 6) is 1.86. The van der Waals surface area contributed by atoms with Gasteiger partial charge in [-0.25, -0.2) is 4.79 Å². The molecule has 228 valence electrons. The summed E-state index contributed by atoms with van der Waals surface area (Å²) in [5, 5.41) is 0. The molecule has 0 spiro atoms. The highest BCUT2D eigenvalue weighted by Crippen LogP contribution is 2.25. The fourth-order valence-corrected chi connectivity index (χ4v) is 4.99. The van der Waals surface area contributed by atoms with Gasteiger partial charge in [0, 0.05) is 43.3 Å². The van der Waals surface area contributed by atoms with E-state index in [1.807, 2.05) is 26.8 Å². The first-order valence-corrected chi connectivity index (χ1v) is 15.6. The first-order valence-electron chi connectivity index (χ1n) is 15.6. The van der Waals surface area contributed by atoms with Crippen LogP contribution in [0.25, 0.3) is 0 Å². The molecule has 1 unspecified atom stereocenters. The van der Waals surface area contributed by atoms with Crippen molar-refractivity contribution in [2.75, 3.05) is 6.61 Å². The molecule has 0 heterocycles. The largest absolute Gasteiger partial charge is 0.458 e. The van der Waals surface area contributed by atoms with Crippen molar-refractivity contribution in [3.05, 3.63) is 47.1 Å². The Hall–Kier alpha value is -2.89. The summed E-state index contributed by atoms with van der Waals surface area (Å²) in [6.45, 7) is 10.1. The lowest BCUT2D eigenvalue weighted by Gasteiger charge is -2.23. The van der Waals surface area contributed by atoms with E-state index in [1.165, 1.54) is 12.5 Å². The molecule has 6 nitrogen and oxygen atoms in total. The second-order valence-electron chi connectivity index (χ2n) is 11.1. The Kier molecular flexibility index (Phi) is 18.4. The quantitative estimate of drug-likeness (QED) is 0.247. The van der Waals surface area contributed by atoms with Gasteiger partial charge in [-0.2, -0.15) is 0 Å². The van der Waals surface area contributed by atoms with Crippen LogP contribution in [-0.4, -0.2) is 35.7 Å². The van der Waals surface area contributed by atoms with E-state index in [2.05, 4.69) is 19.1 Å². The summed E-state index contributed by atoms with van der Waals surface area (Å²) < 4.78 is 4.88. The third kappa shape index (κ3) is 14.5. The molecular weight excluding hydrogens is 516 g/mol. The summed E-state index contributed by atoms with van der Waals surface area (Å²) in [5.41, 5.74) is 2.72. The average Bonchev–Trinajstić information content (AvgIpc) is 2.97. The maximum atomic E-state index is 11.3. The smallest absolute Gasteiger partial charge is 0.330 e. The molecule has 4 aliphatic carbocycles. The van der Waals surface area contributed by atoms with E-state index in [9.17, 15) is 24.0 Å². The van der Waals surface area contributed by atoms with Gasteiger partial charge in [-0.1, -0.05) is 52.0 Å². The van der Waals surface area contributed by atoms with Crippen LogP contribution in [-0.2, 0) is 28.7 Å². The lowest BCUT2D eigenvalue weighted by molar-refractivity contribution is -0.137. The molecule has 0 saturated heterocycles. The minimum atomic E-state index is -0.397. The van der Waals surface area contributed by atoms with Crippen LogP contribution in [0.1, 0.15) is 125 Å². The van der Waals surface area contributed by atoms with Crippen LogP contribution in [0.2, 0.25) is 0 Å². The van der Waals surface area contributed by atoms with Crippen LogP contribution in [0, 0.1) is 11.8 Å². The number of rotatable bonds is 5. The predicted octanol–water partition coefficient (Wildman–Crippen LogP) is 7.95. The van der Waals surface area contributed by atoms with Crippen molar-refractivity contribution in [3.63, 3.8) is 0 Å². The Morgan fingerprint density at radius 2 is 1.22 bits per heavy atom. The average molecular weight is 569 g/mol. The fourth-order valence-electron chi connectivity index (χ4n) is 4.99. The Balaban J connectivity index is 0.000000279. The lowest BCUT2D eigenvalue weighted by atomic mass is 9.81. The molecule has 4 aliphatic rings. The maximum Gasteiger partial charge on any atom is 0.330 e. The minimum absolute atomic E-state index is 0.101.